The second-order valence-corrected chi connectivity index (χ2v) is 3.90. The van der Waals surface area contributed by atoms with Crippen molar-refractivity contribution in [3.8, 4) is 0 Å². The van der Waals surface area contributed by atoms with Crippen LogP contribution in [0, 0.1) is 0 Å². The molecule has 1 aliphatic rings. The fourth-order valence-electron chi connectivity index (χ4n) is 1.53. The zero-order chi connectivity index (χ0) is 11.0. The molecule has 0 aromatic heterocycles. The van der Waals surface area contributed by atoms with Crippen molar-refractivity contribution < 1.29 is 14.7 Å². The number of thioether (sulfide) groups is 1. The van der Waals surface area contributed by atoms with Crippen molar-refractivity contribution in [1.82, 2.24) is 0 Å². The first-order valence-electron chi connectivity index (χ1n) is 4.32. The number of Topliss-reactive ketones (excluding diaryl/α,β-unsaturated/α-hetero) is 2. The highest BCUT2D eigenvalue weighted by molar-refractivity contribution is 8.03. The lowest BCUT2D eigenvalue weighted by atomic mass is 9.94. The predicted molar refractivity (Wildman–Crippen MR) is 58.8 cm³/mol. The third-order valence-corrected chi connectivity index (χ3v) is 3.05. The molecule has 3 nitrogen and oxygen atoms in total. The highest BCUT2D eigenvalue weighted by atomic mass is 32.2. The maximum Gasteiger partial charge on any atom is 0.243 e. The van der Waals surface area contributed by atoms with Crippen LogP contribution in [0.25, 0.3) is 5.76 Å². The lowest BCUT2D eigenvalue weighted by Gasteiger charge is -2.15. The van der Waals surface area contributed by atoms with Gasteiger partial charge in [0.05, 0.1) is 0 Å². The lowest BCUT2D eigenvalue weighted by molar-refractivity contribution is -0.111. The number of fused-ring (bicyclic) bond motifs is 1. The van der Waals surface area contributed by atoms with E-state index in [1.807, 2.05) is 0 Å². The third kappa shape index (κ3) is 1.37. The number of hydrogen-bond acceptors (Lipinski definition) is 4. The molecule has 0 amide bonds. The molecular weight excluding hydrogens is 212 g/mol. The molecule has 0 bridgehead atoms. The van der Waals surface area contributed by atoms with E-state index in [1.54, 1.807) is 30.5 Å². The van der Waals surface area contributed by atoms with Crippen LogP contribution >= 0.6 is 11.8 Å². The van der Waals surface area contributed by atoms with E-state index in [0.29, 0.717) is 5.56 Å². The van der Waals surface area contributed by atoms with Crippen LogP contribution in [-0.2, 0) is 4.79 Å². The van der Waals surface area contributed by atoms with Crippen molar-refractivity contribution in [2.45, 2.75) is 0 Å². The van der Waals surface area contributed by atoms with Crippen LogP contribution in [-0.4, -0.2) is 22.9 Å². The Balaban J connectivity index is 2.74. The Morgan fingerprint density at radius 2 is 1.67 bits per heavy atom. The Bertz CT molecular complexity index is 488. The average molecular weight is 220 g/mol. The van der Waals surface area contributed by atoms with Crippen LogP contribution < -0.4 is 0 Å². The fraction of sp³-hybridized carbons (Fsp3) is 0.0909. The Hall–Kier alpha value is -1.55. The molecule has 0 spiro atoms. The van der Waals surface area contributed by atoms with Crippen LogP contribution in [0.3, 0.4) is 0 Å². The predicted octanol–water partition coefficient (Wildman–Crippen LogP) is 2.04. The average Bonchev–Trinajstić information content (AvgIpc) is 2.27. The number of carbonyl (C=O) groups excluding carboxylic acids is 2. The van der Waals surface area contributed by atoms with Gasteiger partial charge in [0.2, 0.25) is 11.6 Å². The van der Waals surface area contributed by atoms with Gasteiger partial charge in [-0.2, -0.15) is 0 Å². The molecule has 0 fully saturated rings. The van der Waals surface area contributed by atoms with Crippen molar-refractivity contribution in [3.05, 3.63) is 40.3 Å². The molecule has 15 heavy (non-hydrogen) atoms. The number of rotatable bonds is 1. The molecule has 2 rings (SSSR count). The molecule has 0 unspecified atom stereocenters. The van der Waals surface area contributed by atoms with Crippen LogP contribution in [0.1, 0.15) is 15.9 Å². The molecule has 0 aliphatic heterocycles. The molecule has 0 atom stereocenters. The Morgan fingerprint density at radius 3 is 2.27 bits per heavy atom. The van der Waals surface area contributed by atoms with Gasteiger partial charge in [-0.3, -0.25) is 9.59 Å². The van der Waals surface area contributed by atoms with Crippen molar-refractivity contribution in [1.29, 1.82) is 0 Å². The fourth-order valence-corrected chi connectivity index (χ4v) is 2.11. The zero-order valence-electron chi connectivity index (χ0n) is 7.98. The van der Waals surface area contributed by atoms with E-state index in [1.165, 1.54) is 0 Å². The number of aliphatic hydroxyl groups is 1. The quantitative estimate of drug-likeness (QED) is 0.736. The van der Waals surface area contributed by atoms with Gasteiger partial charge in [-0.25, -0.2) is 0 Å². The Kier molecular flexibility index (Phi) is 2.36. The minimum Gasteiger partial charge on any atom is -0.506 e. The first-order valence-corrected chi connectivity index (χ1v) is 5.55. The Labute approximate surface area is 90.8 Å². The van der Waals surface area contributed by atoms with E-state index in [2.05, 4.69) is 0 Å². The van der Waals surface area contributed by atoms with Gasteiger partial charge in [0.1, 0.15) is 10.7 Å². The maximum absolute atomic E-state index is 11.6. The summed E-state index contributed by atoms with van der Waals surface area (Å²) in [6, 6.07) is 6.56. The van der Waals surface area contributed by atoms with Crippen molar-refractivity contribution in [2.75, 3.05) is 6.26 Å². The number of aliphatic hydroxyl groups excluding tert-OH is 1. The monoisotopic (exact) mass is 220 g/mol. The summed E-state index contributed by atoms with van der Waals surface area (Å²) in [5.74, 6) is -1.27. The molecular formula is C11H8O3S. The number of allylic oxidation sites excluding steroid dienone is 1. The highest BCUT2D eigenvalue weighted by Gasteiger charge is 2.31. The molecule has 1 N–H and O–H groups in total. The summed E-state index contributed by atoms with van der Waals surface area (Å²) in [6.07, 6.45) is 1.66. The van der Waals surface area contributed by atoms with Gasteiger partial charge < -0.3 is 5.11 Å². The van der Waals surface area contributed by atoms with Gasteiger partial charge in [0, 0.05) is 11.1 Å². The van der Waals surface area contributed by atoms with Crippen LogP contribution in [0.2, 0.25) is 0 Å². The van der Waals surface area contributed by atoms with Gasteiger partial charge in [0.25, 0.3) is 0 Å². The van der Waals surface area contributed by atoms with Crippen molar-refractivity contribution in [2.24, 2.45) is 0 Å². The summed E-state index contributed by atoms with van der Waals surface area (Å²) in [4.78, 5) is 23.3. The van der Waals surface area contributed by atoms with Crippen molar-refractivity contribution >= 4 is 29.1 Å². The summed E-state index contributed by atoms with van der Waals surface area (Å²) >= 11 is 1.09. The van der Waals surface area contributed by atoms with Gasteiger partial charge in [-0.05, 0) is 6.26 Å². The third-order valence-electron chi connectivity index (χ3n) is 2.26. The van der Waals surface area contributed by atoms with E-state index in [-0.39, 0.29) is 16.2 Å². The molecule has 1 aliphatic carbocycles. The molecule has 76 valence electrons. The molecule has 1 aromatic rings. The minimum absolute atomic E-state index is 0.0947. The minimum atomic E-state index is -0.626. The second kappa shape index (κ2) is 3.55. The summed E-state index contributed by atoms with van der Waals surface area (Å²) in [5, 5.41) is 9.80. The van der Waals surface area contributed by atoms with E-state index < -0.39 is 11.6 Å². The van der Waals surface area contributed by atoms with Crippen molar-refractivity contribution in [3.63, 3.8) is 0 Å². The molecule has 0 saturated carbocycles. The maximum atomic E-state index is 11.6. The molecule has 0 radical (unpaired) electrons. The van der Waals surface area contributed by atoms with Gasteiger partial charge in [0.15, 0.2) is 0 Å². The van der Waals surface area contributed by atoms with Crippen LogP contribution in [0.15, 0.2) is 29.2 Å². The molecule has 1 aromatic carbocycles. The smallest absolute Gasteiger partial charge is 0.243 e. The van der Waals surface area contributed by atoms with E-state index in [0.717, 1.165) is 11.8 Å². The normalized spacial score (nSPS) is 15.5. The van der Waals surface area contributed by atoms with E-state index in [4.69, 9.17) is 0 Å². The van der Waals surface area contributed by atoms with Gasteiger partial charge >= 0.3 is 0 Å². The SMILES string of the molecule is CSC1=C(O)c2ccccc2C(=O)C1=O. The second-order valence-electron chi connectivity index (χ2n) is 3.09. The topological polar surface area (TPSA) is 54.4 Å². The lowest BCUT2D eigenvalue weighted by Crippen LogP contribution is -2.22. The molecule has 4 heteroatoms. The molecule has 0 heterocycles. The van der Waals surface area contributed by atoms with E-state index in [9.17, 15) is 14.7 Å². The van der Waals surface area contributed by atoms with Crippen LogP contribution in [0.5, 0.6) is 0 Å². The summed E-state index contributed by atoms with van der Waals surface area (Å²) in [6.45, 7) is 0. The molecule has 0 saturated heterocycles. The highest BCUT2D eigenvalue weighted by Crippen LogP contribution is 2.32. The summed E-state index contributed by atoms with van der Waals surface area (Å²) in [5.41, 5.74) is 0.712. The number of ketones is 2. The first-order chi connectivity index (χ1) is 7.16. The largest absolute Gasteiger partial charge is 0.506 e. The first kappa shape index (κ1) is 9.98. The van der Waals surface area contributed by atoms with Gasteiger partial charge in [-0.1, -0.05) is 24.3 Å². The van der Waals surface area contributed by atoms with Gasteiger partial charge in [-0.15, -0.1) is 11.8 Å². The zero-order valence-corrected chi connectivity index (χ0v) is 8.80. The Morgan fingerprint density at radius 1 is 1.07 bits per heavy atom. The number of carbonyl (C=O) groups is 2. The standard InChI is InChI=1S/C11H8O3S/c1-15-11-9(13)7-5-3-2-4-6(7)8(12)10(11)14/h2-5,13H,1H3. The van der Waals surface area contributed by atoms with Crippen LogP contribution in [0.4, 0.5) is 0 Å². The number of benzene rings is 1. The van der Waals surface area contributed by atoms with E-state index >= 15 is 0 Å². The summed E-state index contributed by atoms with van der Waals surface area (Å²) < 4.78 is 0. The number of hydrogen-bond donors (Lipinski definition) is 1. The summed E-state index contributed by atoms with van der Waals surface area (Å²) in [7, 11) is 0.